The van der Waals surface area contributed by atoms with Crippen LogP contribution in [0.5, 0.6) is 0 Å². The smallest absolute Gasteiger partial charge is 0.272 e. The van der Waals surface area contributed by atoms with Crippen LogP contribution in [-0.2, 0) is 9.59 Å². The van der Waals surface area contributed by atoms with E-state index in [2.05, 4.69) is 20.9 Å². The molecule has 0 atom stereocenters. The molecule has 1 heterocycles. The van der Waals surface area contributed by atoms with Gasteiger partial charge >= 0.3 is 0 Å². The largest absolute Gasteiger partial charge is 0.321 e. The van der Waals surface area contributed by atoms with Gasteiger partial charge in [-0.05, 0) is 77.4 Å². The van der Waals surface area contributed by atoms with Gasteiger partial charge in [0.25, 0.3) is 11.8 Å². The predicted molar refractivity (Wildman–Crippen MR) is 206 cm³/mol. The van der Waals surface area contributed by atoms with E-state index >= 15 is 0 Å². The molecule has 0 aliphatic rings. The van der Waals surface area contributed by atoms with Crippen molar-refractivity contribution in [3.8, 4) is 22.4 Å². The van der Waals surface area contributed by atoms with E-state index in [0.717, 1.165) is 27.1 Å². The first kappa shape index (κ1) is 34.7. The first-order valence-electron chi connectivity index (χ1n) is 15.3. The van der Waals surface area contributed by atoms with Crippen LogP contribution in [0.3, 0.4) is 0 Å². The summed E-state index contributed by atoms with van der Waals surface area (Å²) in [6.45, 7) is 0. The Labute approximate surface area is 307 Å². The second-order valence-corrected chi connectivity index (χ2v) is 13.6. The first-order valence-corrected chi connectivity index (χ1v) is 17.9. The molecule has 6 rings (SSSR count). The Kier molecular flexibility index (Phi) is 11.4. The van der Waals surface area contributed by atoms with Gasteiger partial charge in [0.05, 0.1) is 16.5 Å². The molecular weight excluding hydrogens is 707 g/mol. The monoisotopic (exact) mass is 734 g/mol. The summed E-state index contributed by atoms with van der Waals surface area (Å²) in [5.74, 6) is -0.940. The molecule has 11 heteroatoms. The van der Waals surface area contributed by atoms with E-state index in [0.29, 0.717) is 32.1 Å². The minimum atomic E-state index is -0.482. The van der Waals surface area contributed by atoms with Gasteiger partial charge < -0.3 is 16.0 Å². The van der Waals surface area contributed by atoms with E-state index < -0.39 is 11.8 Å². The normalized spacial score (nSPS) is 11.1. The number of thiazole rings is 1. The van der Waals surface area contributed by atoms with Crippen molar-refractivity contribution in [2.45, 2.75) is 4.90 Å². The van der Waals surface area contributed by atoms with Gasteiger partial charge in [-0.2, -0.15) is 0 Å². The van der Waals surface area contributed by atoms with Crippen molar-refractivity contribution < 1.29 is 14.4 Å². The molecule has 1 aromatic heterocycles. The van der Waals surface area contributed by atoms with E-state index in [1.165, 1.54) is 23.1 Å². The van der Waals surface area contributed by atoms with Gasteiger partial charge in [-0.1, -0.05) is 96.0 Å². The first-order chi connectivity index (χ1) is 24.3. The number of carbonyl (C=O) groups excluding carboxylic acids is 3. The number of nitrogens with zero attached hydrogens (tertiary/aromatic N) is 1. The lowest BCUT2D eigenvalue weighted by molar-refractivity contribution is -0.114. The van der Waals surface area contributed by atoms with Crippen LogP contribution in [0.15, 0.2) is 143 Å². The molecule has 0 saturated heterocycles. The van der Waals surface area contributed by atoms with Crippen LogP contribution in [-0.4, -0.2) is 28.5 Å². The average molecular weight is 736 g/mol. The third kappa shape index (κ3) is 9.28. The van der Waals surface area contributed by atoms with Gasteiger partial charge in [0.15, 0.2) is 5.13 Å². The summed E-state index contributed by atoms with van der Waals surface area (Å²) in [4.78, 5) is 44.5. The number of aromatic nitrogens is 1. The molecule has 0 fully saturated rings. The molecule has 0 spiro atoms. The fraction of sp³-hybridized carbons (Fsp3) is 0.0256. The van der Waals surface area contributed by atoms with E-state index in [1.54, 1.807) is 60.7 Å². The third-order valence-electron chi connectivity index (χ3n) is 7.30. The van der Waals surface area contributed by atoms with Crippen molar-refractivity contribution in [1.29, 1.82) is 0 Å². The molecule has 0 aliphatic heterocycles. The Morgan fingerprint density at radius 2 is 1.44 bits per heavy atom. The van der Waals surface area contributed by atoms with Gasteiger partial charge in [0.2, 0.25) is 5.91 Å². The number of nitrogens with one attached hydrogen (secondary N) is 3. The Morgan fingerprint density at radius 1 is 0.760 bits per heavy atom. The Morgan fingerprint density at radius 3 is 2.14 bits per heavy atom. The average Bonchev–Trinajstić information content (AvgIpc) is 3.59. The van der Waals surface area contributed by atoms with Crippen LogP contribution in [0.25, 0.3) is 28.5 Å². The van der Waals surface area contributed by atoms with Gasteiger partial charge in [0, 0.05) is 32.1 Å². The van der Waals surface area contributed by atoms with Crippen molar-refractivity contribution in [2.75, 3.05) is 16.4 Å². The maximum absolute atomic E-state index is 13.5. The minimum Gasteiger partial charge on any atom is -0.321 e. The van der Waals surface area contributed by atoms with E-state index in [1.807, 2.05) is 78.2 Å². The molecular formula is C39H28Cl2N4O3S2. The summed E-state index contributed by atoms with van der Waals surface area (Å²) in [5.41, 5.74) is 5.28. The highest BCUT2D eigenvalue weighted by molar-refractivity contribution is 8.00. The second kappa shape index (κ2) is 16.5. The van der Waals surface area contributed by atoms with Crippen LogP contribution in [0.4, 0.5) is 10.8 Å². The number of hydrogen-bond donors (Lipinski definition) is 3. The quantitative estimate of drug-likeness (QED) is 0.0909. The summed E-state index contributed by atoms with van der Waals surface area (Å²) in [6, 6.07) is 38.7. The molecule has 0 aliphatic carbocycles. The number of rotatable bonds is 11. The van der Waals surface area contributed by atoms with Crippen LogP contribution in [0.2, 0.25) is 10.0 Å². The fourth-order valence-corrected chi connectivity index (χ4v) is 6.73. The molecule has 0 unspecified atom stereocenters. The molecule has 3 N–H and O–H groups in total. The number of amides is 3. The molecule has 6 aromatic rings. The number of thioether (sulfide) groups is 1. The highest BCUT2D eigenvalue weighted by atomic mass is 35.5. The van der Waals surface area contributed by atoms with Gasteiger partial charge in [-0.25, -0.2) is 4.98 Å². The Hall–Kier alpha value is -5.19. The van der Waals surface area contributed by atoms with Crippen LogP contribution < -0.4 is 16.0 Å². The number of benzene rings is 5. The molecule has 3 amide bonds. The van der Waals surface area contributed by atoms with Crippen LogP contribution >= 0.6 is 46.3 Å². The third-order valence-corrected chi connectivity index (χ3v) is 9.61. The van der Waals surface area contributed by atoms with Crippen LogP contribution in [0, 0.1) is 0 Å². The fourth-order valence-electron chi connectivity index (χ4n) is 4.80. The lowest BCUT2D eigenvalue weighted by Gasteiger charge is -2.12. The van der Waals surface area contributed by atoms with E-state index in [4.69, 9.17) is 23.2 Å². The van der Waals surface area contributed by atoms with Crippen molar-refractivity contribution in [3.63, 3.8) is 0 Å². The molecule has 0 bridgehead atoms. The molecule has 248 valence electrons. The zero-order valence-corrected chi connectivity index (χ0v) is 29.4. The lowest BCUT2D eigenvalue weighted by Crippen LogP contribution is -2.30. The van der Waals surface area contributed by atoms with Gasteiger partial charge in [-0.3, -0.25) is 14.4 Å². The van der Waals surface area contributed by atoms with Crippen molar-refractivity contribution in [3.05, 3.63) is 160 Å². The lowest BCUT2D eigenvalue weighted by atomic mass is 10.0. The summed E-state index contributed by atoms with van der Waals surface area (Å²) in [5, 5.41) is 11.8. The molecule has 0 saturated carbocycles. The van der Waals surface area contributed by atoms with Crippen molar-refractivity contribution in [1.82, 2.24) is 10.3 Å². The summed E-state index contributed by atoms with van der Waals surface area (Å²) >= 11 is 14.9. The molecule has 5 aromatic carbocycles. The highest BCUT2D eigenvalue weighted by Crippen LogP contribution is 2.32. The van der Waals surface area contributed by atoms with Gasteiger partial charge in [-0.15, -0.1) is 23.1 Å². The number of carbonyl (C=O) groups is 3. The Balaban J connectivity index is 1.08. The van der Waals surface area contributed by atoms with E-state index in [9.17, 15) is 14.4 Å². The van der Waals surface area contributed by atoms with Crippen molar-refractivity contribution in [2.24, 2.45) is 0 Å². The standard InChI is InChI=1S/C39H28Cl2N4O3S2/c40-29-15-20-32(33(41)22-29)35-23-50-39(44-35)45-36(46)24-49-31-18-16-30(17-19-31)42-38(48)34(43-37(47)28-9-5-2-6-10-28)21-25-11-13-27(14-12-25)26-7-3-1-4-8-26/h1-23H,24H2,(H,42,48)(H,43,47)(H,44,45,46)/b34-21-. The number of anilines is 2. The SMILES string of the molecule is O=C(CSc1ccc(NC(=O)/C(=C/c2ccc(-c3ccccc3)cc2)NC(=O)c2ccccc2)cc1)Nc1nc(-c2ccc(Cl)cc2Cl)cs1. The maximum atomic E-state index is 13.5. The zero-order valence-electron chi connectivity index (χ0n) is 26.2. The predicted octanol–water partition coefficient (Wildman–Crippen LogP) is 9.92. The second-order valence-electron chi connectivity index (χ2n) is 10.8. The summed E-state index contributed by atoms with van der Waals surface area (Å²) in [7, 11) is 0. The topological polar surface area (TPSA) is 100 Å². The maximum Gasteiger partial charge on any atom is 0.272 e. The highest BCUT2D eigenvalue weighted by Gasteiger charge is 2.16. The number of hydrogen-bond acceptors (Lipinski definition) is 6. The summed E-state index contributed by atoms with van der Waals surface area (Å²) < 4.78 is 0. The Bertz CT molecular complexity index is 2160. The minimum absolute atomic E-state index is 0.0881. The van der Waals surface area contributed by atoms with Crippen molar-refractivity contribution >= 4 is 80.9 Å². The molecule has 0 radical (unpaired) electrons. The summed E-state index contributed by atoms with van der Waals surface area (Å²) in [6.07, 6.45) is 1.64. The molecule has 7 nitrogen and oxygen atoms in total. The van der Waals surface area contributed by atoms with Gasteiger partial charge in [0.1, 0.15) is 5.70 Å². The molecule has 50 heavy (non-hydrogen) atoms. The van der Waals surface area contributed by atoms with E-state index in [-0.39, 0.29) is 17.4 Å². The zero-order chi connectivity index (χ0) is 34.9. The number of halogens is 2. The van der Waals surface area contributed by atoms with Crippen LogP contribution in [0.1, 0.15) is 15.9 Å².